The molecule has 0 aliphatic carbocycles. The van der Waals surface area contributed by atoms with E-state index in [4.69, 9.17) is 5.73 Å². The number of rotatable bonds is 3. The molecule has 2 aromatic rings. The van der Waals surface area contributed by atoms with E-state index in [0.29, 0.717) is 25.2 Å². The molecule has 3 nitrogen and oxygen atoms in total. The van der Waals surface area contributed by atoms with Gasteiger partial charge in [0.05, 0.1) is 0 Å². The number of nitrogens with two attached hydrogens (primary N) is 1. The molecule has 1 aliphatic heterocycles. The lowest BCUT2D eigenvalue weighted by atomic mass is 9.89. The van der Waals surface area contributed by atoms with Gasteiger partial charge in [-0.25, -0.2) is 4.39 Å². The van der Waals surface area contributed by atoms with E-state index in [9.17, 15) is 9.18 Å². The third-order valence-electron chi connectivity index (χ3n) is 4.55. The molecule has 0 spiro atoms. The molecular formula is C19H22ClFN2O. The van der Waals surface area contributed by atoms with Crippen molar-refractivity contribution in [2.45, 2.75) is 12.8 Å². The van der Waals surface area contributed by atoms with Crippen LogP contribution in [0.25, 0.3) is 0 Å². The lowest BCUT2D eigenvalue weighted by molar-refractivity contribution is 0.0786. The number of carbonyl (C=O) groups is 1. The van der Waals surface area contributed by atoms with E-state index in [1.165, 1.54) is 17.7 Å². The van der Waals surface area contributed by atoms with Gasteiger partial charge in [0, 0.05) is 24.6 Å². The van der Waals surface area contributed by atoms with E-state index in [2.05, 4.69) is 12.1 Å². The zero-order chi connectivity index (χ0) is 16.4. The average Bonchev–Trinajstić information content (AvgIpc) is 2.98. The van der Waals surface area contributed by atoms with Gasteiger partial charge in [-0.1, -0.05) is 30.3 Å². The summed E-state index contributed by atoms with van der Waals surface area (Å²) in [5.74, 6) is -0.0252. The van der Waals surface area contributed by atoms with Crippen LogP contribution in [0, 0.1) is 18.7 Å². The van der Waals surface area contributed by atoms with Gasteiger partial charge in [0.25, 0.3) is 5.91 Å². The average molecular weight is 349 g/mol. The fourth-order valence-electron chi connectivity index (χ4n) is 3.40. The van der Waals surface area contributed by atoms with E-state index in [-0.39, 0.29) is 36.0 Å². The van der Waals surface area contributed by atoms with Gasteiger partial charge in [-0.2, -0.15) is 0 Å². The lowest BCUT2D eigenvalue weighted by Gasteiger charge is -2.17. The number of carbonyl (C=O) groups excluding carboxylic acids is 1. The summed E-state index contributed by atoms with van der Waals surface area (Å²) in [4.78, 5) is 14.5. The Morgan fingerprint density at radius 3 is 2.54 bits per heavy atom. The fraction of sp³-hybridized carbons (Fsp3) is 0.316. The van der Waals surface area contributed by atoms with E-state index in [0.717, 1.165) is 5.56 Å². The number of amides is 1. The third kappa shape index (κ3) is 3.77. The molecule has 128 valence electrons. The predicted octanol–water partition coefficient (Wildman–Crippen LogP) is 3.37. The van der Waals surface area contributed by atoms with Crippen LogP contribution in [0.3, 0.4) is 0 Å². The summed E-state index contributed by atoms with van der Waals surface area (Å²) in [5, 5.41) is 0. The number of likely N-dealkylation sites (tertiary alicyclic amines) is 1. The van der Waals surface area contributed by atoms with Gasteiger partial charge in [-0.3, -0.25) is 4.79 Å². The predicted molar refractivity (Wildman–Crippen MR) is 96.0 cm³/mol. The summed E-state index contributed by atoms with van der Waals surface area (Å²) >= 11 is 0. The van der Waals surface area contributed by atoms with E-state index in [1.807, 2.05) is 18.2 Å². The Hall–Kier alpha value is -1.91. The minimum Gasteiger partial charge on any atom is -0.338 e. The standard InChI is InChI=1S/C19H21FN2O.ClH/c1-13-7-15(9-17(20)8-13)19(23)22-11-16(10-21)18(12-22)14-5-3-2-4-6-14;/h2-9,16,18H,10-12,21H2,1H3;1H/t16-,18+;/m1./s1. The Kier molecular flexibility index (Phi) is 5.97. The maximum atomic E-state index is 13.6. The van der Waals surface area contributed by atoms with Crippen LogP contribution >= 0.6 is 12.4 Å². The molecule has 0 saturated carbocycles. The summed E-state index contributed by atoms with van der Waals surface area (Å²) in [6.45, 7) is 3.57. The number of benzene rings is 2. The van der Waals surface area contributed by atoms with Crippen LogP contribution in [0.4, 0.5) is 4.39 Å². The van der Waals surface area contributed by atoms with Gasteiger partial charge >= 0.3 is 0 Å². The second-order valence-electron chi connectivity index (χ2n) is 6.24. The second-order valence-corrected chi connectivity index (χ2v) is 6.24. The van der Waals surface area contributed by atoms with Crippen molar-refractivity contribution in [1.82, 2.24) is 4.90 Å². The summed E-state index contributed by atoms with van der Waals surface area (Å²) < 4.78 is 13.6. The van der Waals surface area contributed by atoms with Crippen molar-refractivity contribution < 1.29 is 9.18 Å². The Morgan fingerprint density at radius 1 is 1.21 bits per heavy atom. The van der Waals surface area contributed by atoms with Crippen LogP contribution in [-0.2, 0) is 0 Å². The molecule has 1 fully saturated rings. The van der Waals surface area contributed by atoms with Gasteiger partial charge in [0.1, 0.15) is 5.82 Å². The first-order valence-electron chi connectivity index (χ1n) is 7.90. The van der Waals surface area contributed by atoms with Gasteiger partial charge in [-0.05, 0) is 48.7 Å². The van der Waals surface area contributed by atoms with E-state index < -0.39 is 0 Å². The minimum atomic E-state index is -0.373. The van der Waals surface area contributed by atoms with Crippen molar-refractivity contribution in [2.75, 3.05) is 19.6 Å². The Morgan fingerprint density at radius 2 is 1.92 bits per heavy atom. The van der Waals surface area contributed by atoms with Gasteiger partial charge in [-0.15, -0.1) is 12.4 Å². The lowest BCUT2D eigenvalue weighted by Crippen LogP contribution is -2.30. The SMILES string of the molecule is Cc1cc(F)cc(C(=O)N2C[C@@H](CN)[C@H](c3ccccc3)C2)c1.Cl. The van der Waals surface area contributed by atoms with Crippen molar-refractivity contribution in [1.29, 1.82) is 0 Å². The van der Waals surface area contributed by atoms with Crippen molar-refractivity contribution in [3.63, 3.8) is 0 Å². The highest BCUT2D eigenvalue weighted by molar-refractivity contribution is 5.94. The number of halogens is 2. The molecular weight excluding hydrogens is 327 g/mol. The normalized spacial score (nSPS) is 19.9. The van der Waals surface area contributed by atoms with Crippen LogP contribution < -0.4 is 5.73 Å². The monoisotopic (exact) mass is 348 g/mol. The zero-order valence-electron chi connectivity index (χ0n) is 13.6. The highest BCUT2D eigenvalue weighted by Gasteiger charge is 2.35. The van der Waals surface area contributed by atoms with Crippen LogP contribution in [-0.4, -0.2) is 30.4 Å². The largest absolute Gasteiger partial charge is 0.338 e. The summed E-state index contributed by atoms with van der Waals surface area (Å²) in [6.07, 6.45) is 0. The zero-order valence-corrected chi connectivity index (χ0v) is 14.4. The van der Waals surface area contributed by atoms with Crippen molar-refractivity contribution in [2.24, 2.45) is 11.7 Å². The molecule has 2 aromatic carbocycles. The first-order valence-corrected chi connectivity index (χ1v) is 7.90. The molecule has 1 saturated heterocycles. The molecule has 2 N–H and O–H groups in total. The topological polar surface area (TPSA) is 46.3 Å². The molecule has 5 heteroatoms. The number of hydrogen-bond donors (Lipinski definition) is 1. The van der Waals surface area contributed by atoms with Crippen LogP contribution in [0.2, 0.25) is 0 Å². The third-order valence-corrected chi connectivity index (χ3v) is 4.55. The first kappa shape index (κ1) is 18.4. The van der Waals surface area contributed by atoms with Gasteiger partial charge in [0.2, 0.25) is 0 Å². The smallest absolute Gasteiger partial charge is 0.253 e. The van der Waals surface area contributed by atoms with Crippen molar-refractivity contribution in [3.05, 3.63) is 71.0 Å². The van der Waals surface area contributed by atoms with E-state index in [1.54, 1.807) is 17.9 Å². The summed E-state index contributed by atoms with van der Waals surface area (Å²) in [6, 6.07) is 14.6. The highest BCUT2D eigenvalue weighted by atomic mass is 35.5. The Labute approximate surface area is 148 Å². The summed E-state index contributed by atoms with van der Waals surface area (Å²) in [7, 11) is 0. The number of nitrogens with zero attached hydrogens (tertiary/aromatic N) is 1. The Balaban J connectivity index is 0.00000208. The second kappa shape index (κ2) is 7.77. The quantitative estimate of drug-likeness (QED) is 0.924. The number of hydrogen-bond acceptors (Lipinski definition) is 2. The maximum absolute atomic E-state index is 13.6. The molecule has 1 heterocycles. The first-order chi connectivity index (χ1) is 11.1. The van der Waals surface area contributed by atoms with Crippen molar-refractivity contribution in [3.8, 4) is 0 Å². The molecule has 0 radical (unpaired) electrons. The molecule has 1 amide bonds. The Bertz CT molecular complexity index is 688. The molecule has 0 unspecified atom stereocenters. The summed E-state index contributed by atoms with van der Waals surface area (Å²) in [5.41, 5.74) is 8.28. The maximum Gasteiger partial charge on any atom is 0.253 e. The van der Waals surface area contributed by atoms with Crippen molar-refractivity contribution >= 4 is 18.3 Å². The van der Waals surface area contributed by atoms with Gasteiger partial charge in [0.15, 0.2) is 0 Å². The van der Waals surface area contributed by atoms with Crippen LogP contribution in [0.1, 0.15) is 27.4 Å². The molecule has 2 atom stereocenters. The van der Waals surface area contributed by atoms with Crippen LogP contribution in [0.5, 0.6) is 0 Å². The van der Waals surface area contributed by atoms with Gasteiger partial charge < -0.3 is 10.6 Å². The van der Waals surface area contributed by atoms with Crippen LogP contribution in [0.15, 0.2) is 48.5 Å². The number of aryl methyl sites for hydroxylation is 1. The minimum absolute atomic E-state index is 0. The fourth-order valence-corrected chi connectivity index (χ4v) is 3.40. The molecule has 0 bridgehead atoms. The molecule has 3 rings (SSSR count). The highest BCUT2D eigenvalue weighted by Crippen LogP contribution is 2.32. The molecule has 1 aliphatic rings. The molecule has 0 aromatic heterocycles. The molecule has 24 heavy (non-hydrogen) atoms. The van der Waals surface area contributed by atoms with E-state index >= 15 is 0 Å².